The van der Waals surface area contributed by atoms with Crippen LogP contribution in [-0.4, -0.2) is 33.4 Å². The van der Waals surface area contributed by atoms with Gasteiger partial charge < -0.3 is 0 Å². The molecule has 2 N–H and O–H groups in total. The summed E-state index contributed by atoms with van der Waals surface area (Å²) in [5.41, 5.74) is 0.718. The number of hydrogen-bond acceptors (Lipinski definition) is 5. The van der Waals surface area contributed by atoms with Crippen LogP contribution in [0.3, 0.4) is 0 Å². The molecule has 0 saturated carbocycles. The van der Waals surface area contributed by atoms with Crippen molar-refractivity contribution < 1.29 is 4.39 Å². The molecule has 2 aromatic heterocycles. The molecule has 0 radical (unpaired) electrons. The topological polar surface area (TPSA) is 90.0 Å². The molecule has 0 bridgehead atoms. The van der Waals surface area contributed by atoms with Gasteiger partial charge in [0.05, 0.1) is 17.8 Å². The number of nitrogens with one attached hydrogen (secondary N) is 2. The Balaban J connectivity index is 1.93. The lowest BCUT2D eigenvalue weighted by atomic mass is 10.2. The first kappa shape index (κ1) is 13.0. The predicted octanol–water partition coefficient (Wildman–Crippen LogP) is 1.26. The third kappa shape index (κ3) is 2.64. The van der Waals surface area contributed by atoms with Crippen molar-refractivity contribution in [3.8, 4) is 0 Å². The predicted molar refractivity (Wildman–Crippen MR) is 76.9 cm³/mol. The van der Waals surface area contributed by atoms with Gasteiger partial charge in [-0.3, -0.25) is 15.1 Å². The lowest BCUT2D eigenvalue weighted by Gasteiger charge is -2.11. The lowest BCUT2D eigenvalue weighted by molar-refractivity contribution is 0.628. The van der Waals surface area contributed by atoms with E-state index in [2.05, 4.69) is 25.3 Å². The number of benzene rings is 1. The number of halogens is 1. The first-order valence-corrected chi connectivity index (χ1v) is 6.10. The molecule has 0 aliphatic carbocycles. The number of aromatic amines is 2. The molecule has 0 amide bonds. The molecule has 0 saturated heterocycles. The standard InChI is InChI=1S/C13H11FN6O/c1-20(16-6-8-2-4-9(14)5-3-8)12-10-7-15-19-11(10)17-13(21)18-12/h2-7H,1H3,(H2,15,17,18,19,21). The first-order chi connectivity index (χ1) is 10.1. The second-order valence-corrected chi connectivity index (χ2v) is 4.34. The Morgan fingerprint density at radius 2 is 2.10 bits per heavy atom. The van der Waals surface area contributed by atoms with E-state index in [-0.39, 0.29) is 5.82 Å². The van der Waals surface area contributed by atoms with Crippen molar-refractivity contribution in [3.05, 3.63) is 52.3 Å². The fraction of sp³-hybridized carbons (Fsp3) is 0.0769. The van der Waals surface area contributed by atoms with Crippen LogP contribution in [0.2, 0.25) is 0 Å². The number of fused-ring (bicyclic) bond motifs is 1. The summed E-state index contributed by atoms with van der Waals surface area (Å²) in [7, 11) is 1.66. The Hall–Kier alpha value is -3.03. The Bertz CT molecular complexity index is 851. The highest BCUT2D eigenvalue weighted by atomic mass is 19.1. The molecule has 0 unspecified atom stereocenters. The number of aromatic nitrogens is 4. The van der Waals surface area contributed by atoms with Gasteiger partial charge in [-0.05, 0) is 17.7 Å². The fourth-order valence-corrected chi connectivity index (χ4v) is 1.85. The first-order valence-electron chi connectivity index (χ1n) is 6.10. The molecule has 0 aliphatic rings. The Morgan fingerprint density at radius 1 is 1.33 bits per heavy atom. The highest BCUT2D eigenvalue weighted by Crippen LogP contribution is 2.18. The summed E-state index contributed by atoms with van der Waals surface area (Å²) in [5, 5.41) is 12.8. The Morgan fingerprint density at radius 3 is 2.86 bits per heavy atom. The molecule has 0 spiro atoms. The third-order valence-electron chi connectivity index (χ3n) is 2.88. The highest BCUT2D eigenvalue weighted by molar-refractivity contribution is 5.87. The quantitative estimate of drug-likeness (QED) is 0.560. The molecule has 0 fully saturated rings. The average molecular weight is 286 g/mol. The van der Waals surface area contributed by atoms with Crippen molar-refractivity contribution in [1.29, 1.82) is 0 Å². The van der Waals surface area contributed by atoms with E-state index in [0.717, 1.165) is 5.56 Å². The molecule has 1 aromatic carbocycles. The van der Waals surface area contributed by atoms with Crippen molar-refractivity contribution in [2.45, 2.75) is 0 Å². The van der Waals surface area contributed by atoms with E-state index in [9.17, 15) is 9.18 Å². The van der Waals surface area contributed by atoms with Crippen LogP contribution in [0.5, 0.6) is 0 Å². The lowest BCUT2D eigenvalue weighted by Crippen LogP contribution is -2.18. The molecule has 3 rings (SSSR count). The smallest absolute Gasteiger partial charge is 0.290 e. The summed E-state index contributed by atoms with van der Waals surface area (Å²) in [6.45, 7) is 0. The zero-order valence-corrected chi connectivity index (χ0v) is 11.0. The minimum absolute atomic E-state index is 0.308. The molecule has 3 aromatic rings. The van der Waals surface area contributed by atoms with Crippen molar-refractivity contribution >= 4 is 23.1 Å². The molecular formula is C13H11FN6O. The summed E-state index contributed by atoms with van der Waals surface area (Å²) in [6, 6.07) is 5.90. The summed E-state index contributed by atoms with van der Waals surface area (Å²) in [5.74, 6) is 0.0673. The van der Waals surface area contributed by atoms with E-state index in [0.29, 0.717) is 16.9 Å². The number of hydrogen-bond donors (Lipinski definition) is 2. The number of rotatable bonds is 3. The highest BCUT2D eigenvalue weighted by Gasteiger charge is 2.10. The number of nitrogens with zero attached hydrogens (tertiary/aromatic N) is 4. The zero-order valence-electron chi connectivity index (χ0n) is 11.0. The number of hydrazone groups is 1. The zero-order chi connectivity index (χ0) is 14.8. The van der Waals surface area contributed by atoms with E-state index in [1.165, 1.54) is 17.1 Å². The Kier molecular flexibility index (Phi) is 3.19. The molecule has 0 aliphatic heterocycles. The SMILES string of the molecule is CN(N=Cc1ccc(F)cc1)c1nc(=O)[nH]c2[nH]ncc12. The van der Waals surface area contributed by atoms with Gasteiger partial charge in [0.2, 0.25) is 0 Å². The maximum atomic E-state index is 12.8. The van der Waals surface area contributed by atoms with Crippen LogP contribution in [0.4, 0.5) is 10.2 Å². The number of H-pyrrole nitrogens is 2. The van der Waals surface area contributed by atoms with Crippen molar-refractivity contribution in [3.63, 3.8) is 0 Å². The van der Waals surface area contributed by atoms with Gasteiger partial charge in [-0.1, -0.05) is 12.1 Å². The average Bonchev–Trinajstić information content (AvgIpc) is 2.93. The monoisotopic (exact) mass is 286 g/mol. The van der Waals surface area contributed by atoms with E-state index in [4.69, 9.17) is 0 Å². The molecule has 7 nitrogen and oxygen atoms in total. The van der Waals surface area contributed by atoms with Crippen LogP contribution in [0, 0.1) is 5.82 Å². The molecule has 21 heavy (non-hydrogen) atoms. The van der Waals surface area contributed by atoms with Crippen molar-refractivity contribution in [2.24, 2.45) is 5.10 Å². The normalized spacial score (nSPS) is 11.3. The van der Waals surface area contributed by atoms with Crippen LogP contribution in [0.25, 0.3) is 11.0 Å². The van der Waals surface area contributed by atoms with Gasteiger partial charge in [-0.2, -0.15) is 15.2 Å². The van der Waals surface area contributed by atoms with Gasteiger partial charge in [-0.15, -0.1) is 0 Å². The van der Waals surface area contributed by atoms with Crippen LogP contribution in [-0.2, 0) is 0 Å². The van der Waals surface area contributed by atoms with Crippen molar-refractivity contribution in [1.82, 2.24) is 20.2 Å². The molecular weight excluding hydrogens is 275 g/mol. The van der Waals surface area contributed by atoms with E-state index < -0.39 is 5.69 Å². The van der Waals surface area contributed by atoms with Gasteiger partial charge in [-0.25, -0.2) is 9.18 Å². The van der Waals surface area contributed by atoms with Gasteiger partial charge in [0.1, 0.15) is 11.5 Å². The second-order valence-electron chi connectivity index (χ2n) is 4.34. The summed E-state index contributed by atoms with van der Waals surface area (Å²) >= 11 is 0. The van der Waals surface area contributed by atoms with Crippen LogP contribution in [0.15, 0.2) is 40.4 Å². The summed E-state index contributed by atoms with van der Waals surface area (Å²) in [4.78, 5) is 17.9. The number of anilines is 1. The van der Waals surface area contributed by atoms with Gasteiger partial charge in [0.25, 0.3) is 0 Å². The second kappa shape index (κ2) is 5.16. The van der Waals surface area contributed by atoms with Crippen molar-refractivity contribution in [2.75, 3.05) is 12.1 Å². The van der Waals surface area contributed by atoms with E-state index in [1.807, 2.05) is 0 Å². The minimum Gasteiger partial charge on any atom is -0.290 e. The maximum absolute atomic E-state index is 12.8. The molecule has 8 heteroatoms. The van der Waals surface area contributed by atoms with Gasteiger partial charge in [0, 0.05) is 7.05 Å². The minimum atomic E-state index is -0.495. The molecule has 0 atom stereocenters. The fourth-order valence-electron chi connectivity index (χ4n) is 1.85. The third-order valence-corrected chi connectivity index (χ3v) is 2.88. The van der Waals surface area contributed by atoms with Crippen LogP contribution in [0.1, 0.15) is 5.56 Å². The van der Waals surface area contributed by atoms with E-state index in [1.54, 1.807) is 31.6 Å². The summed E-state index contributed by atoms with van der Waals surface area (Å²) in [6.07, 6.45) is 3.10. The van der Waals surface area contributed by atoms with Crippen LogP contribution >= 0.6 is 0 Å². The van der Waals surface area contributed by atoms with Gasteiger partial charge >= 0.3 is 5.69 Å². The largest absolute Gasteiger partial charge is 0.348 e. The van der Waals surface area contributed by atoms with Crippen LogP contribution < -0.4 is 10.7 Å². The van der Waals surface area contributed by atoms with Gasteiger partial charge in [0.15, 0.2) is 5.82 Å². The molecule has 106 valence electrons. The Labute approximate surface area is 118 Å². The maximum Gasteiger partial charge on any atom is 0.348 e. The molecule has 2 heterocycles. The summed E-state index contributed by atoms with van der Waals surface area (Å²) < 4.78 is 12.8. The van der Waals surface area contributed by atoms with E-state index >= 15 is 0 Å².